The average molecular weight is 398 g/mol. The summed E-state index contributed by atoms with van der Waals surface area (Å²) in [6.07, 6.45) is -1.67. The summed E-state index contributed by atoms with van der Waals surface area (Å²) >= 11 is 0. The molecule has 0 aliphatic carbocycles. The second kappa shape index (κ2) is 11.4. The van der Waals surface area contributed by atoms with E-state index in [1.807, 2.05) is 0 Å². The van der Waals surface area contributed by atoms with Gasteiger partial charge in [-0.25, -0.2) is 14.2 Å². The van der Waals surface area contributed by atoms with Crippen LogP contribution >= 0.6 is 0 Å². The first-order chi connectivity index (χ1) is 12.5. The van der Waals surface area contributed by atoms with E-state index in [0.29, 0.717) is 6.42 Å². The van der Waals surface area contributed by atoms with Crippen molar-refractivity contribution >= 4 is 23.6 Å². The molecule has 14 heteroatoms. The van der Waals surface area contributed by atoms with Gasteiger partial charge >= 0.3 is 12.1 Å². The smallest absolute Gasteiger partial charge is 0.475 e. The number of carbonyl (C=O) groups excluding carboxylic acids is 2. The van der Waals surface area contributed by atoms with Crippen LogP contribution in [0.3, 0.4) is 0 Å². The van der Waals surface area contributed by atoms with E-state index in [-0.39, 0.29) is 24.5 Å². The molecule has 0 radical (unpaired) electrons. The van der Waals surface area contributed by atoms with Crippen LogP contribution in [-0.2, 0) is 9.59 Å². The summed E-state index contributed by atoms with van der Waals surface area (Å²) in [5.74, 6) is -3.98. The molecule has 0 spiro atoms. The number of nitrogens with two attached hydrogens (primary N) is 2. The van der Waals surface area contributed by atoms with Crippen LogP contribution in [0.5, 0.6) is 0 Å². The Kier molecular flexibility index (Phi) is 10.1. The lowest BCUT2D eigenvalue weighted by Crippen LogP contribution is -2.44. The minimum atomic E-state index is -5.08. The van der Waals surface area contributed by atoms with Gasteiger partial charge in [0.1, 0.15) is 24.2 Å². The van der Waals surface area contributed by atoms with E-state index in [1.165, 1.54) is 12.5 Å². The second-order valence-corrected chi connectivity index (χ2v) is 4.85. The largest absolute Gasteiger partial charge is 0.490 e. The number of aliphatic carboxylic acids is 1. The Bertz CT molecular complexity index is 648. The van der Waals surface area contributed by atoms with Crippen LogP contribution in [0.2, 0.25) is 0 Å². The molecule has 1 rings (SSSR count). The molecule has 27 heavy (non-hydrogen) atoms. The summed E-state index contributed by atoms with van der Waals surface area (Å²) in [5.41, 5.74) is 10.6. The number of rotatable bonds is 8. The number of imidazole rings is 1. The highest BCUT2D eigenvalue weighted by Crippen LogP contribution is 2.13. The maximum Gasteiger partial charge on any atom is 0.490 e. The molecular weight excluding hydrogens is 380 g/mol. The first-order valence-electron chi connectivity index (χ1n) is 7.22. The van der Waals surface area contributed by atoms with E-state index in [9.17, 15) is 27.2 Å². The molecule has 10 nitrogen and oxygen atoms in total. The molecule has 0 unspecified atom stereocenters. The molecule has 0 fully saturated rings. The predicted octanol–water partition coefficient (Wildman–Crippen LogP) is -0.266. The highest BCUT2D eigenvalue weighted by molar-refractivity contribution is 5.95. The van der Waals surface area contributed by atoms with E-state index in [1.54, 1.807) is 0 Å². The maximum atomic E-state index is 12.0. The zero-order valence-corrected chi connectivity index (χ0v) is 13.8. The predicted molar refractivity (Wildman–Crippen MR) is 84.4 cm³/mol. The lowest BCUT2D eigenvalue weighted by molar-refractivity contribution is -0.192. The standard InChI is InChI=1S/C11H17FN6O2.C2HF3O2/c12-4-9(13)16-3-1-2-7(10(14)19)18-11(20)8-5-15-6-17-8;3-2(4,5)1(6)7/h5-7H,1-4H2,(H2,13,16)(H2,14,19)(H,15,17)(H,18,20);(H,6,7)/t7-;/m0./s1. The molecule has 2 amide bonds. The number of aromatic amines is 1. The fourth-order valence-electron chi connectivity index (χ4n) is 1.46. The average Bonchev–Trinajstić information content (AvgIpc) is 3.11. The molecule has 7 N–H and O–H groups in total. The molecule has 1 atom stereocenters. The van der Waals surface area contributed by atoms with Crippen LogP contribution in [-0.4, -0.2) is 64.1 Å². The molecule has 1 aromatic rings. The van der Waals surface area contributed by atoms with Crippen molar-refractivity contribution in [2.45, 2.75) is 25.1 Å². The lowest BCUT2D eigenvalue weighted by Gasteiger charge is -2.14. The Morgan fingerprint density at radius 1 is 1.33 bits per heavy atom. The van der Waals surface area contributed by atoms with Gasteiger partial charge in [0, 0.05) is 6.54 Å². The van der Waals surface area contributed by atoms with E-state index >= 15 is 0 Å². The number of carbonyl (C=O) groups is 3. The Balaban J connectivity index is 0.000000821. The molecule has 0 aliphatic heterocycles. The Hall–Kier alpha value is -3.19. The lowest BCUT2D eigenvalue weighted by atomic mass is 10.1. The Morgan fingerprint density at radius 2 is 1.93 bits per heavy atom. The van der Waals surface area contributed by atoms with Crippen LogP contribution in [0, 0.1) is 0 Å². The van der Waals surface area contributed by atoms with Gasteiger partial charge in [-0.15, -0.1) is 0 Å². The number of halogens is 4. The van der Waals surface area contributed by atoms with Gasteiger partial charge in [-0.05, 0) is 12.8 Å². The summed E-state index contributed by atoms with van der Waals surface area (Å²) in [6, 6.07) is -0.826. The quantitative estimate of drug-likeness (QED) is 0.174. The Labute approximate surface area is 150 Å². The topological polar surface area (TPSA) is 177 Å². The van der Waals surface area contributed by atoms with Gasteiger partial charge < -0.3 is 26.9 Å². The van der Waals surface area contributed by atoms with Gasteiger partial charge in [0.05, 0.1) is 12.5 Å². The minimum absolute atomic E-state index is 0.0953. The molecule has 0 saturated heterocycles. The summed E-state index contributed by atoms with van der Waals surface area (Å²) in [7, 11) is 0. The molecular formula is C13H18F4N6O4. The summed E-state index contributed by atoms with van der Waals surface area (Å²) in [6.45, 7) is -0.546. The molecule has 0 bridgehead atoms. The Morgan fingerprint density at radius 3 is 2.33 bits per heavy atom. The zero-order valence-electron chi connectivity index (χ0n) is 13.8. The van der Waals surface area contributed by atoms with Gasteiger partial charge in [-0.2, -0.15) is 13.2 Å². The SMILES string of the molecule is NC(=O)[C@H](CCCN=C(N)CF)NC(=O)c1cnc[nH]1.O=C(O)C(F)(F)F. The van der Waals surface area contributed by atoms with E-state index in [4.69, 9.17) is 21.4 Å². The molecule has 0 saturated carbocycles. The van der Waals surface area contributed by atoms with E-state index in [0.717, 1.165) is 0 Å². The van der Waals surface area contributed by atoms with E-state index in [2.05, 4.69) is 20.3 Å². The highest BCUT2D eigenvalue weighted by atomic mass is 19.4. The monoisotopic (exact) mass is 398 g/mol. The van der Waals surface area contributed by atoms with Gasteiger partial charge in [-0.1, -0.05) is 0 Å². The number of aromatic nitrogens is 2. The number of alkyl halides is 4. The van der Waals surface area contributed by atoms with E-state index < -0.39 is 36.7 Å². The summed E-state index contributed by atoms with van der Waals surface area (Å²) in [5, 5.41) is 9.61. The van der Waals surface area contributed by atoms with Crippen LogP contribution in [0.25, 0.3) is 0 Å². The third kappa shape index (κ3) is 10.4. The van der Waals surface area contributed by atoms with Gasteiger partial charge in [-0.3, -0.25) is 14.6 Å². The van der Waals surface area contributed by atoms with Crippen molar-refractivity contribution in [1.29, 1.82) is 0 Å². The van der Waals surface area contributed by atoms with Crippen LogP contribution in [0.15, 0.2) is 17.5 Å². The number of nitrogens with one attached hydrogen (secondary N) is 2. The molecule has 1 heterocycles. The number of nitrogens with zero attached hydrogens (tertiary/aromatic N) is 2. The third-order valence-electron chi connectivity index (χ3n) is 2.74. The van der Waals surface area contributed by atoms with Crippen LogP contribution in [0.1, 0.15) is 23.3 Å². The number of carboxylic acid groups (broad SMARTS) is 1. The fraction of sp³-hybridized carbons (Fsp3) is 0.462. The third-order valence-corrected chi connectivity index (χ3v) is 2.74. The number of primary amides is 1. The van der Waals surface area contributed by atoms with Crippen LogP contribution in [0.4, 0.5) is 17.6 Å². The number of hydrogen-bond donors (Lipinski definition) is 5. The summed E-state index contributed by atoms with van der Waals surface area (Å²) in [4.78, 5) is 41.9. The van der Waals surface area contributed by atoms with Gasteiger partial charge in [0.25, 0.3) is 5.91 Å². The number of amides is 2. The zero-order chi connectivity index (χ0) is 21.0. The van der Waals surface area contributed by atoms with Crippen molar-refractivity contribution in [3.63, 3.8) is 0 Å². The molecule has 0 aliphatic rings. The second-order valence-electron chi connectivity index (χ2n) is 4.85. The summed E-state index contributed by atoms with van der Waals surface area (Å²) < 4.78 is 43.8. The van der Waals surface area contributed by atoms with Gasteiger partial charge in [0.15, 0.2) is 0 Å². The number of amidine groups is 1. The van der Waals surface area contributed by atoms with Crippen molar-refractivity contribution < 1.29 is 37.1 Å². The molecule has 152 valence electrons. The van der Waals surface area contributed by atoms with Crippen molar-refractivity contribution in [2.75, 3.05) is 13.2 Å². The fourth-order valence-corrected chi connectivity index (χ4v) is 1.46. The van der Waals surface area contributed by atoms with Crippen molar-refractivity contribution in [3.05, 3.63) is 18.2 Å². The highest BCUT2D eigenvalue weighted by Gasteiger charge is 2.38. The van der Waals surface area contributed by atoms with Crippen molar-refractivity contribution in [2.24, 2.45) is 16.5 Å². The minimum Gasteiger partial charge on any atom is -0.475 e. The molecule has 1 aromatic heterocycles. The van der Waals surface area contributed by atoms with Crippen LogP contribution < -0.4 is 16.8 Å². The number of H-pyrrole nitrogens is 1. The number of aliphatic imine (C=N–C) groups is 1. The van der Waals surface area contributed by atoms with Gasteiger partial charge in [0.2, 0.25) is 5.91 Å². The normalized spacial score (nSPS) is 12.5. The maximum absolute atomic E-state index is 12.0. The number of hydrogen-bond acceptors (Lipinski definition) is 5. The first kappa shape index (κ1) is 23.8. The first-order valence-corrected chi connectivity index (χ1v) is 7.22. The van der Waals surface area contributed by atoms with Crippen molar-refractivity contribution in [1.82, 2.24) is 15.3 Å². The van der Waals surface area contributed by atoms with Crippen molar-refractivity contribution in [3.8, 4) is 0 Å². The molecule has 0 aromatic carbocycles. The number of carboxylic acids is 1.